The molecule has 18 heavy (non-hydrogen) atoms. The molecule has 6 heteroatoms. The van der Waals surface area contributed by atoms with Crippen molar-refractivity contribution in [2.45, 2.75) is 30.0 Å². The predicted molar refractivity (Wildman–Crippen MR) is 70.6 cm³/mol. The maximum Gasteiger partial charge on any atom is 0.238 e. The molecular weight excluding hydrogens is 248 g/mol. The number of nitrogens with zero attached hydrogens (tertiary/aromatic N) is 3. The maximum absolute atomic E-state index is 5.81. The number of anilines is 1. The molecule has 0 aliphatic carbocycles. The van der Waals surface area contributed by atoms with E-state index in [-0.39, 0.29) is 6.10 Å². The fraction of sp³-hybridized carbons (Fsp3) is 0.250. The van der Waals surface area contributed by atoms with Gasteiger partial charge in [0, 0.05) is 6.20 Å². The topological polar surface area (TPSA) is 73.9 Å². The van der Waals surface area contributed by atoms with E-state index in [4.69, 9.17) is 10.5 Å². The number of hydrogen-bond donors (Lipinski definition) is 1. The van der Waals surface area contributed by atoms with Crippen LogP contribution in [0.25, 0.3) is 0 Å². The van der Waals surface area contributed by atoms with Gasteiger partial charge in [-0.1, -0.05) is 0 Å². The van der Waals surface area contributed by atoms with Gasteiger partial charge in [-0.2, -0.15) is 0 Å². The van der Waals surface area contributed by atoms with Crippen LogP contribution >= 0.6 is 11.8 Å². The number of pyridine rings is 1. The van der Waals surface area contributed by atoms with Crippen molar-refractivity contribution < 1.29 is 4.74 Å². The number of aromatic nitrogens is 3. The van der Waals surface area contributed by atoms with Crippen LogP contribution in [0, 0.1) is 0 Å². The number of nitrogens with two attached hydrogens (primary N) is 1. The molecule has 2 aromatic rings. The maximum atomic E-state index is 5.81. The lowest BCUT2D eigenvalue weighted by Crippen LogP contribution is -2.09. The summed E-state index contributed by atoms with van der Waals surface area (Å²) >= 11 is 1.44. The number of ether oxygens (including phenoxy) is 1. The Morgan fingerprint density at radius 1 is 1.22 bits per heavy atom. The number of nitrogen functional groups attached to an aromatic ring is 1. The van der Waals surface area contributed by atoms with Crippen molar-refractivity contribution in [2.24, 2.45) is 0 Å². The minimum absolute atomic E-state index is 0.0408. The Labute approximate surface area is 110 Å². The highest BCUT2D eigenvalue weighted by Gasteiger charge is 2.07. The second-order valence-corrected chi connectivity index (χ2v) is 4.90. The van der Waals surface area contributed by atoms with Gasteiger partial charge in [0.1, 0.15) is 16.4 Å². The number of hydrogen-bond acceptors (Lipinski definition) is 6. The van der Waals surface area contributed by atoms with Gasteiger partial charge in [-0.25, -0.2) is 15.0 Å². The zero-order valence-electron chi connectivity index (χ0n) is 10.2. The Bertz CT molecular complexity index is 519. The third kappa shape index (κ3) is 3.33. The molecule has 0 aliphatic rings. The zero-order valence-corrected chi connectivity index (χ0v) is 11.0. The molecule has 0 spiro atoms. The molecule has 0 bridgehead atoms. The Morgan fingerprint density at radius 2 is 2.06 bits per heavy atom. The van der Waals surface area contributed by atoms with E-state index in [1.54, 1.807) is 12.3 Å². The van der Waals surface area contributed by atoms with Gasteiger partial charge >= 0.3 is 0 Å². The van der Waals surface area contributed by atoms with Crippen molar-refractivity contribution in [2.75, 3.05) is 5.73 Å². The van der Waals surface area contributed by atoms with Crippen LogP contribution in [0.15, 0.2) is 40.8 Å². The summed E-state index contributed by atoms with van der Waals surface area (Å²) in [5.74, 6) is 0.462. The largest absolute Gasteiger partial charge is 0.473 e. The SMILES string of the molecule is CC(C)Oc1nc(Sc2ccncn2)ccc1N. The van der Waals surface area contributed by atoms with E-state index in [0.29, 0.717) is 11.6 Å². The molecule has 0 saturated carbocycles. The highest BCUT2D eigenvalue weighted by molar-refractivity contribution is 7.99. The highest BCUT2D eigenvalue weighted by atomic mass is 32.2. The van der Waals surface area contributed by atoms with E-state index in [2.05, 4.69) is 15.0 Å². The van der Waals surface area contributed by atoms with Crippen molar-refractivity contribution >= 4 is 17.4 Å². The predicted octanol–water partition coefficient (Wildman–Crippen LogP) is 2.39. The summed E-state index contributed by atoms with van der Waals surface area (Å²) in [6.45, 7) is 3.87. The van der Waals surface area contributed by atoms with Crippen LogP contribution in [-0.4, -0.2) is 21.1 Å². The molecule has 0 fully saturated rings. The molecule has 0 amide bonds. The fourth-order valence-electron chi connectivity index (χ4n) is 1.25. The minimum atomic E-state index is 0.0408. The van der Waals surface area contributed by atoms with Crippen LogP contribution in [0.2, 0.25) is 0 Å². The molecule has 0 aromatic carbocycles. The fourth-order valence-corrected chi connectivity index (χ4v) is 1.96. The van der Waals surface area contributed by atoms with Crippen LogP contribution in [-0.2, 0) is 0 Å². The lowest BCUT2D eigenvalue weighted by molar-refractivity contribution is 0.232. The third-order valence-corrected chi connectivity index (χ3v) is 2.86. The summed E-state index contributed by atoms with van der Waals surface area (Å²) in [5, 5.41) is 1.62. The second-order valence-electron chi connectivity index (χ2n) is 3.86. The molecule has 2 N–H and O–H groups in total. The Kier molecular flexibility index (Phi) is 3.99. The lowest BCUT2D eigenvalue weighted by Gasteiger charge is -2.11. The zero-order chi connectivity index (χ0) is 13.0. The van der Waals surface area contributed by atoms with Crippen LogP contribution in [0.5, 0.6) is 5.88 Å². The van der Waals surface area contributed by atoms with Gasteiger partial charge in [0.25, 0.3) is 0 Å². The monoisotopic (exact) mass is 262 g/mol. The summed E-state index contributed by atoms with van der Waals surface area (Å²) in [6.07, 6.45) is 3.24. The molecule has 2 heterocycles. The standard InChI is InChI=1S/C12H14N4OS/c1-8(2)17-12-9(13)3-4-11(16-12)18-10-5-6-14-7-15-10/h3-8H,13H2,1-2H3. The van der Waals surface area contributed by atoms with Gasteiger partial charge in [0.05, 0.1) is 11.8 Å². The van der Waals surface area contributed by atoms with Gasteiger partial charge in [-0.3, -0.25) is 0 Å². The van der Waals surface area contributed by atoms with Gasteiger partial charge in [0.2, 0.25) is 5.88 Å². The first kappa shape index (κ1) is 12.6. The summed E-state index contributed by atoms with van der Waals surface area (Å²) in [4.78, 5) is 12.4. The molecule has 0 saturated heterocycles. The van der Waals surface area contributed by atoms with Gasteiger partial charge in [-0.15, -0.1) is 0 Å². The van der Waals surface area contributed by atoms with E-state index in [0.717, 1.165) is 10.1 Å². The van der Waals surface area contributed by atoms with Gasteiger partial charge < -0.3 is 10.5 Å². The van der Waals surface area contributed by atoms with Crippen LogP contribution in [0.4, 0.5) is 5.69 Å². The van der Waals surface area contributed by atoms with Crippen LogP contribution in [0.1, 0.15) is 13.8 Å². The summed E-state index contributed by atoms with van der Waals surface area (Å²) in [6, 6.07) is 5.45. The van der Waals surface area contributed by atoms with Crippen molar-refractivity contribution in [1.82, 2.24) is 15.0 Å². The molecule has 0 radical (unpaired) electrons. The van der Waals surface area contributed by atoms with Gasteiger partial charge in [0.15, 0.2) is 0 Å². The Morgan fingerprint density at radius 3 is 2.72 bits per heavy atom. The van der Waals surface area contributed by atoms with E-state index in [1.165, 1.54) is 18.1 Å². The quantitative estimate of drug-likeness (QED) is 0.853. The first-order chi connectivity index (χ1) is 8.65. The van der Waals surface area contributed by atoms with Crippen molar-refractivity contribution in [3.05, 3.63) is 30.7 Å². The normalized spacial score (nSPS) is 10.6. The summed E-state index contributed by atoms with van der Waals surface area (Å²) in [5.41, 5.74) is 6.35. The first-order valence-corrected chi connectivity index (χ1v) is 6.34. The average Bonchev–Trinajstić information content (AvgIpc) is 2.34. The molecular formula is C12H14N4OS. The number of rotatable bonds is 4. The van der Waals surface area contributed by atoms with Crippen molar-refractivity contribution in [3.8, 4) is 5.88 Å². The smallest absolute Gasteiger partial charge is 0.238 e. The summed E-state index contributed by atoms with van der Waals surface area (Å²) < 4.78 is 5.54. The molecule has 2 aromatic heterocycles. The summed E-state index contributed by atoms with van der Waals surface area (Å²) in [7, 11) is 0. The Balaban J connectivity index is 2.19. The molecule has 5 nitrogen and oxygen atoms in total. The molecule has 0 unspecified atom stereocenters. The molecule has 0 aliphatic heterocycles. The lowest BCUT2D eigenvalue weighted by atomic mass is 10.4. The van der Waals surface area contributed by atoms with E-state index >= 15 is 0 Å². The highest BCUT2D eigenvalue weighted by Crippen LogP contribution is 2.28. The van der Waals surface area contributed by atoms with E-state index in [9.17, 15) is 0 Å². The van der Waals surface area contributed by atoms with Crippen LogP contribution < -0.4 is 10.5 Å². The second kappa shape index (κ2) is 5.68. The average molecular weight is 262 g/mol. The minimum Gasteiger partial charge on any atom is -0.473 e. The van der Waals surface area contributed by atoms with E-state index < -0.39 is 0 Å². The molecule has 94 valence electrons. The molecule has 0 atom stereocenters. The van der Waals surface area contributed by atoms with Crippen molar-refractivity contribution in [3.63, 3.8) is 0 Å². The van der Waals surface area contributed by atoms with E-state index in [1.807, 2.05) is 26.0 Å². The van der Waals surface area contributed by atoms with Crippen molar-refractivity contribution in [1.29, 1.82) is 0 Å². The molecule has 2 rings (SSSR count). The first-order valence-electron chi connectivity index (χ1n) is 5.52. The van der Waals surface area contributed by atoms with Crippen LogP contribution in [0.3, 0.4) is 0 Å². The van der Waals surface area contributed by atoms with Gasteiger partial charge in [-0.05, 0) is 43.8 Å². The Hall–Kier alpha value is -1.82. The third-order valence-electron chi connectivity index (χ3n) is 1.98.